The summed E-state index contributed by atoms with van der Waals surface area (Å²) in [4.78, 5) is 4.61. The third-order valence-corrected chi connectivity index (χ3v) is 7.02. The van der Waals surface area contributed by atoms with Crippen LogP contribution < -0.4 is 0 Å². The van der Waals surface area contributed by atoms with E-state index in [1.54, 1.807) is 0 Å². The van der Waals surface area contributed by atoms with Crippen molar-refractivity contribution in [2.24, 2.45) is 0 Å². The number of pyridine rings is 1. The minimum atomic E-state index is 0.933. The quantitative estimate of drug-likeness (QED) is 0.267. The summed E-state index contributed by atoms with van der Waals surface area (Å²) in [7, 11) is 0. The largest absolute Gasteiger partial charge is 0.456 e. The summed E-state index contributed by atoms with van der Waals surface area (Å²) in [5.41, 5.74) is 8.96. The Morgan fingerprint density at radius 2 is 1.45 bits per heavy atom. The van der Waals surface area contributed by atoms with Gasteiger partial charge in [0.15, 0.2) is 0 Å². The first-order valence-corrected chi connectivity index (χ1v) is 11.2. The molecule has 4 heterocycles. The lowest BCUT2D eigenvalue weighted by molar-refractivity contribution is 0.669. The summed E-state index contributed by atoms with van der Waals surface area (Å²) in [6.45, 7) is 2.11. The normalized spacial score (nSPS) is 12.4. The number of rotatable bonds is 1. The Morgan fingerprint density at radius 1 is 0.636 bits per heavy atom. The number of hydrogen-bond acceptors (Lipinski definition) is 2. The van der Waals surface area contributed by atoms with Crippen LogP contribution in [-0.4, -0.2) is 9.38 Å². The van der Waals surface area contributed by atoms with Crippen LogP contribution in [0.5, 0.6) is 0 Å². The zero-order valence-electron chi connectivity index (χ0n) is 18.0. The van der Waals surface area contributed by atoms with E-state index >= 15 is 0 Å². The van der Waals surface area contributed by atoms with E-state index in [1.807, 2.05) is 24.4 Å². The van der Waals surface area contributed by atoms with Gasteiger partial charge in [-0.05, 0) is 55.0 Å². The molecule has 0 bridgehead atoms. The topological polar surface area (TPSA) is 30.4 Å². The summed E-state index contributed by atoms with van der Waals surface area (Å²) in [5, 5.41) is 7.34. The van der Waals surface area contributed by atoms with Gasteiger partial charge in [0, 0.05) is 44.1 Å². The number of nitrogens with zero attached hydrogens (tertiary/aromatic N) is 2. The van der Waals surface area contributed by atoms with E-state index < -0.39 is 0 Å². The average molecular weight is 422 g/mol. The Labute approximate surface area is 188 Å². The molecule has 0 radical (unpaired) electrons. The van der Waals surface area contributed by atoms with Crippen molar-refractivity contribution in [2.45, 2.75) is 6.92 Å². The second-order valence-corrected chi connectivity index (χ2v) is 8.95. The first-order chi connectivity index (χ1) is 16.3. The smallest absolute Gasteiger partial charge is 0.136 e. The molecule has 3 heteroatoms. The Morgan fingerprint density at radius 3 is 2.33 bits per heavy atom. The van der Waals surface area contributed by atoms with Crippen molar-refractivity contribution in [3.05, 3.63) is 96.7 Å². The fourth-order valence-corrected chi connectivity index (χ4v) is 5.55. The molecule has 3 nitrogen and oxygen atoms in total. The van der Waals surface area contributed by atoms with Crippen molar-refractivity contribution in [1.29, 1.82) is 0 Å². The van der Waals surface area contributed by atoms with Crippen LogP contribution in [0.4, 0.5) is 0 Å². The van der Waals surface area contributed by atoms with Gasteiger partial charge in [-0.2, -0.15) is 0 Å². The van der Waals surface area contributed by atoms with E-state index in [1.165, 1.54) is 43.7 Å². The third kappa shape index (κ3) is 2.16. The van der Waals surface area contributed by atoms with Gasteiger partial charge in [0.05, 0.1) is 22.2 Å². The molecule has 0 atom stereocenters. The van der Waals surface area contributed by atoms with Gasteiger partial charge in [0.25, 0.3) is 0 Å². The van der Waals surface area contributed by atoms with Crippen molar-refractivity contribution in [2.75, 3.05) is 0 Å². The van der Waals surface area contributed by atoms with Crippen LogP contribution in [0.3, 0.4) is 0 Å². The first kappa shape index (κ1) is 17.2. The maximum absolute atomic E-state index is 6.19. The molecule has 4 aromatic heterocycles. The van der Waals surface area contributed by atoms with Crippen LogP contribution in [0.25, 0.3) is 71.3 Å². The summed E-state index contributed by atoms with van der Waals surface area (Å²) >= 11 is 0. The Balaban J connectivity index is 1.53. The molecule has 0 unspecified atom stereocenters. The molecule has 8 rings (SSSR count). The number of aromatic nitrogens is 2. The number of hydrogen-bond donors (Lipinski definition) is 0. The molecule has 8 aromatic rings. The highest BCUT2D eigenvalue weighted by atomic mass is 16.3. The molecule has 33 heavy (non-hydrogen) atoms. The van der Waals surface area contributed by atoms with Gasteiger partial charge in [-0.25, -0.2) is 0 Å². The highest BCUT2D eigenvalue weighted by Gasteiger charge is 2.19. The Kier molecular flexibility index (Phi) is 3.08. The minimum Gasteiger partial charge on any atom is -0.456 e. The summed E-state index contributed by atoms with van der Waals surface area (Å²) in [6, 6.07) is 30.3. The summed E-state index contributed by atoms with van der Waals surface area (Å²) in [6.07, 6.45) is 1.89. The Hall–Kier alpha value is -4.37. The maximum atomic E-state index is 6.19. The lowest BCUT2D eigenvalue weighted by Crippen LogP contribution is -1.85. The molecule has 4 aromatic carbocycles. The number of fused-ring (bicyclic) bond motifs is 9. The SMILES string of the molecule is Cc1ccnc(-c2ccc3c(c2)c2cccc4c5cc6oc7ccccc7c6cc5n3c24)c1. The maximum Gasteiger partial charge on any atom is 0.136 e. The predicted molar refractivity (Wildman–Crippen MR) is 136 cm³/mol. The van der Waals surface area contributed by atoms with Crippen LogP contribution >= 0.6 is 0 Å². The zero-order valence-corrected chi connectivity index (χ0v) is 18.0. The highest BCUT2D eigenvalue weighted by molar-refractivity contribution is 6.25. The van der Waals surface area contributed by atoms with E-state index in [0.29, 0.717) is 0 Å². The first-order valence-electron chi connectivity index (χ1n) is 11.2. The molecule has 0 aliphatic heterocycles. The molecule has 0 saturated carbocycles. The molecule has 0 aliphatic carbocycles. The Bertz CT molecular complexity index is 2040. The lowest BCUT2D eigenvalue weighted by Gasteiger charge is -2.04. The van der Waals surface area contributed by atoms with Crippen LogP contribution in [0, 0.1) is 6.92 Å². The minimum absolute atomic E-state index is 0.933. The molecule has 0 aliphatic rings. The van der Waals surface area contributed by atoms with E-state index in [4.69, 9.17) is 4.42 Å². The van der Waals surface area contributed by atoms with Crippen LogP contribution in [0.15, 0.2) is 95.5 Å². The molecule has 0 spiro atoms. The lowest BCUT2D eigenvalue weighted by atomic mass is 10.0. The van der Waals surface area contributed by atoms with Gasteiger partial charge in [0.1, 0.15) is 11.2 Å². The molecular formula is C30H18N2O. The zero-order chi connectivity index (χ0) is 21.7. The second-order valence-electron chi connectivity index (χ2n) is 8.95. The number of aryl methyl sites for hydroxylation is 1. The van der Waals surface area contributed by atoms with Gasteiger partial charge in [-0.15, -0.1) is 0 Å². The molecule has 0 N–H and O–H groups in total. The van der Waals surface area contributed by atoms with Gasteiger partial charge in [-0.1, -0.05) is 42.5 Å². The summed E-state index contributed by atoms with van der Waals surface area (Å²) < 4.78 is 8.62. The standard InChI is InChI=1S/C30H18N2O/c1-17-11-12-31-25(13-17)18-9-10-26-22(14-18)20-6-4-7-21-23-16-29-24(15-27(23)32(26)30(20)21)19-5-2-3-8-28(19)33-29/h2-16H,1H3. The van der Waals surface area contributed by atoms with Gasteiger partial charge >= 0.3 is 0 Å². The van der Waals surface area contributed by atoms with Crippen LogP contribution in [0.1, 0.15) is 5.56 Å². The predicted octanol–water partition coefficient (Wildman–Crippen LogP) is 8.11. The van der Waals surface area contributed by atoms with Crippen molar-refractivity contribution < 1.29 is 4.42 Å². The number of para-hydroxylation sites is 2. The molecule has 154 valence electrons. The van der Waals surface area contributed by atoms with Crippen LogP contribution in [-0.2, 0) is 0 Å². The van der Waals surface area contributed by atoms with Crippen LogP contribution in [0.2, 0.25) is 0 Å². The van der Waals surface area contributed by atoms with E-state index in [9.17, 15) is 0 Å². The fourth-order valence-electron chi connectivity index (χ4n) is 5.55. The van der Waals surface area contributed by atoms with Crippen molar-refractivity contribution >= 4 is 60.0 Å². The van der Waals surface area contributed by atoms with Crippen molar-refractivity contribution in [3.63, 3.8) is 0 Å². The van der Waals surface area contributed by atoms with Crippen molar-refractivity contribution in [1.82, 2.24) is 9.38 Å². The van der Waals surface area contributed by atoms with E-state index in [2.05, 4.69) is 83.0 Å². The molecule has 0 saturated heterocycles. The molecule has 0 fully saturated rings. The highest BCUT2D eigenvalue weighted by Crippen LogP contribution is 2.42. The van der Waals surface area contributed by atoms with E-state index in [-0.39, 0.29) is 0 Å². The van der Waals surface area contributed by atoms with E-state index in [0.717, 1.165) is 33.2 Å². The van der Waals surface area contributed by atoms with Crippen molar-refractivity contribution in [3.8, 4) is 11.3 Å². The van der Waals surface area contributed by atoms with Gasteiger partial charge < -0.3 is 8.82 Å². The summed E-state index contributed by atoms with van der Waals surface area (Å²) in [5.74, 6) is 0. The third-order valence-electron chi connectivity index (χ3n) is 7.02. The van der Waals surface area contributed by atoms with Gasteiger partial charge in [-0.3, -0.25) is 4.98 Å². The average Bonchev–Trinajstić information content (AvgIpc) is 3.48. The number of furan rings is 1. The number of benzene rings is 4. The molecule has 0 amide bonds. The second kappa shape index (κ2) is 5.90. The fraction of sp³-hybridized carbons (Fsp3) is 0.0333. The monoisotopic (exact) mass is 422 g/mol. The molecular weight excluding hydrogens is 404 g/mol. The van der Waals surface area contributed by atoms with Gasteiger partial charge in [0.2, 0.25) is 0 Å².